The summed E-state index contributed by atoms with van der Waals surface area (Å²) in [5, 5.41) is 11.7. The minimum absolute atomic E-state index is 0.475. The van der Waals surface area contributed by atoms with Crippen LogP contribution in [0.15, 0.2) is 61.3 Å². The van der Waals surface area contributed by atoms with E-state index in [1.165, 1.54) is 6.33 Å². The first-order valence-corrected chi connectivity index (χ1v) is 11.3. The van der Waals surface area contributed by atoms with Gasteiger partial charge in [0.05, 0.1) is 11.2 Å². The van der Waals surface area contributed by atoms with Gasteiger partial charge in [-0.2, -0.15) is 5.10 Å². The lowest BCUT2D eigenvalue weighted by Crippen LogP contribution is -2.34. The number of pyridine rings is 1. The molecule has 4 heterocycles. The summed E-state index contributed by atoms with van der Waals surface area (Å²) in [5.41, 5.74) is 4.45. The molecule has 3 aromatic heterocycles. The zero-order valence-corrected chi connectivity index (χ0v) is 19.4. The van der Waals surface area contributed by atoms with Crippen molar-refractivity contribution >= 4 is 33.7 Å². The third-order valence-corrected chi connectivity index (χ3v) is 6.00. The first-order chi connectivity index (χ1) is 17.1. The van der Waals surface area contributed by atoms with Gasteiger partial charge in [0.2, 0.25) is 0 Å². The number of rotatable bonds is 4. The summed E-state index contributed by atoms with van der Waals surface area (Å²) in [5.74, 6) is 3.00. The number of aromatic nitrogens is 5. The monoisotopic (exact) mass is 468 g/mol. The quantitative estimate of drug-likeness (QED) is 0.407. The molecule has 6 rings (SSSR count). The highest BCUT2D eigenvalue weighted by Gasteiger charge is 2.16. The molecule has 1 aliphatic heterocycles. The van der Waals surface area contributed by atoms with E-state index in [0.717, 1.165) is 63.9 Å². The third-order valence-electron chi connectivity index (χ3n) is 6.00. The summed E-state index contributed by atoms with van der Waals surface area (Å²) in [6.45, 7) is 4.22. The second kappa shape index (κ2) is 8.73. The second-order valence-corrected chi connectivity index (χ2v) is 8.40. The standard InChI is InChI=1S/C25H24N8O2/c1-16-9-17(3-4-22(16)35-18-5-7-33-24(10-18)28-14-30-33)31-25-19-11-21-23(12-20(19)27-13-29-25)34-15-26-6-8-32(21)2/h3-5,7,9-14,26H,6,8,15H2,1-2H3,(H,27,29,31). The van der Waals surface area contributed by atoms with Gasteiger partial charge < -0.3 is 19.7 Å². The Morgan fingerprint density at radius 3 is 2.91 bits per heavy atom. The van der Waals surface area contributed by atoms with Gasteiger partial charge in [0.1, 0.15) is 42.5 Å². The molecule has 5 aromatic rings. The maximum absolute atomic E-state index is 6.10. The average Bonchev–Trinajstić information content (AvgIpc) is 3.32. The highest BCUT2D eigenvalue weighted by atomic mass is 16.5. The molecule has 0 unspecified atom stereocenters. The molecule has 0 aliphatic carbocycles. The Balaban J connectivity index is 1.28. The van der Waals surface area contributed by atoms with Crippen molar-refractivity contribution in [3.8, 4) is 17.2 Å². The fraction of sp³-hybridized carbons (Fsp3) is 0.200. The molecule has 0 fully saturated rings. The molecule has 0 spiro atoms. The Bertz CT molecular complexity index is 1530. The summed E-state index contributed by atoms with van der Waals surface area (Å²) in [7, 11) is 2.06. The molecule has 0 amide bonds. The van der Waals surface area contributed by atoms with Crippen molar-refractivity contribution in [3.63, 3.8) is 0 Å². The molecule has 2 aromatic carbocycles. The predicted molar refractivity (Wildman–Crippen MR) is 134 cm³/mol. The second-order valence-electron chi connectivity index (χ2n) is 8.40. The molecule has 10 nitrogen and oxygen atoms in total. The van der Waals surface area contributed by atoms with Crippen LogP contribution in [0.2, 0.25) is 0 Å². The number of anilines is 3. The van der Waals surface area contributed by atoms with Gasteiger partial charge in [0.25, 0.3) is 0 Å². The fourth-order valence-corrected chi connectivity index (χ4v) is 4.12. The van der Waals surface area contributed by atoms with Gasteiger partial charge in [-0.1, -0.05) is 0 Å². The fourth-order valence-electron chi connectivity index (χ4n) is 4.12. The molecule has 0 saturated heterocycles. The largest absolute Gasteiger partial charge is 0.476 e. The Labute approximate surface area is 201 Å². The van der Waals surface area contributed by atoms with E-state index in [1.54, 1.807) is 10.8 Å². The Kier molecular flexibility index (Phi) is 5.27. The van der Waals surface area contributed by atoms with E-state index in [-0.39, 0.29) is 0 Å². The van der Waals surface area contributed by atoms with Gasteiger partial charge in [-0.25, -0.2) is 19.5 Å². The third kappa shape index (κ3) is 4.15. The molecular formula is C25H24N8O2. The number of aryl methyl sites for hydroxylation is 1. The van der Waals surface area contributed by atoms with Crippen LogP contribution in [0.5, 0.6) is 17.2 Å². The molecule has 2 N–H and O–H groups in total. The molecule has 0 atom stereocenters. The topological polar surface area (TPSA) is 102 Å². The van der Waals surface area contributed by atoms with Crippen molar-refractivity contribution in [2.24, 2.45) is 0 Å². The lowest BCUT2D eigenvalue weighted by molar-refractivity contribution is 0.281. The summed E-state index contributed by atoms with van der Waals surface area (Å²) >= 11 is 0. The van der Waals surface area contributed by atoms with Crippen LogP contribution in [0.25, 0.3) is 16.6 Å². The molecular weight excluding hydrogens is 444 g/mol. The maximum atomic E-state index is 6.10. The summed E-state index contributed by atoms with van der Waals surface area (Å²) < 4.78 is 13.7. The molecule has 0 saturated carbocycles. The lowest BCUT2D eigenvalue weighted by Gasteiger charge is -2.26. The van der Waals surface area contributed by atoms with Crippen molar-refractivity contribution in [3.05, 3.63) is 66.9 Å². The van der Waals surface area contributed by atoms with Gasteiger partial charge in [0.15, 0.2) is 5.65 Å². The number of nitrogens with one attached hydrogen (secondary N) is 2. The van der Waals surface area contributed by atoms with Gasteiger partial charge in [-0.05, 0) is 42.8 Å². The molecule has 0 bridgehead atoms. The van der Waals surface area contributed by atoms with E-state index in [4.69, 9.17) is 9.47 Å². The van der Waals surface area contributed by atoms with Crippen LogP contribution in [0.1, 0.15) is 5.56 Å². The van der Waals surface area contributed by atoms with E-state index in [2.05, 4.69) is 48.7 Å². The van der Waals surface area contributed by atoms with E-state index in [1.807, 2.05) is 49.5 Å². The van der Waals surface area contributed by atoms with Gasteiger partial charge >= 0.3 is 0 Å². The first-order valence-electron chi connectivity index (χ1n) is 11.3. The summed E-state index contributed by atoms with van der Waals surface area (Å²) in [6.07, 6.45) is 4.90. The van der Waals surface area contributed by atoms with E-state index in [0.29, 0.717) is 12.5 Å². The average molecular weight is 469 g/mol. The Morgan fingerprint density at radius 1 is 1.06 bits per heavy atom. The minimum atomic E-state index is 0.475. The van der Waals surface area contributed by atoms with E-state index >= 15 is 0 Å². The highest BCUT2D eigenvalue weighted by molar-refractivity contribution is 5.95. The van der Waals surface area contributed by atoms with Crippen LogP contribution in [0, 0.1) is 6.92 Å². The molecule has 35 heavy (non-hydrogen) atoms. The van der Waals surface area contributed by atoms with Crippen LogP contribution in [-0.2, 0) is 0 Å². The Hall–Kier alpha value is -4.44. The molecule has 10 heteroatoms. The smallest absolute Gasteiger partial charge is 0.158 e. The number of hydrogen-bond acceptors (Lipinski definition) is 9. The highest BCUT2D eigenvalue weighted by Crippen LogP contribution is 2.36. The molecule has 176 valence electrons. The number of fused-ring (bicyclic) bond motifs is 3. The van der Waals surface area contributed by atoms with Crippen LogP contribution in [-0.4, -0.2) is 51.4 Å². The first kappa shape index (κ1) is 21.1. The normalized spacial score (nSPS) is 13.7. The van der Waals surface area contributed by atoms with Gasteiger partial charge in [-0.3, -0.25) is 5.32 Å². The number of ether oxygens (including phenoxy) is 2. The van der Waals surface area contributed by atoms with Gasteiger partial charge in [-0.15, -0.1) is 0 Å². The van der Waals surface area contributed by atoms with Gasteiger partial charge in [0, 0.05) is 49.5 Å². The summed E-state index contributed by atoms with van der Waals surface area (Å²) in [4.78, 5) is 15.4. The maximum Gasteiger partial charge on any atom is 0.158 e. The zero-order chi connectivity index (χ0) is 23.8. The predicted octanol–water partition coefficient (Wildman–Crippen LogP) is 3.89. The minimum Gasteiger partial charge on any atom is -0.476 e. The van der Waals surface area contributed by atoms with E-state index < -0.39 is 0 Å². The van der Waals surface area contributed by atoms with Crippen LogP contribution in [0.4, 0.5) is 17.2 Å². The van der Waals surface area contributed by atoms with Crippen LogP contribution in [0.3, 0.4) is 0 Å². The van der Waals surface area contributed by atoms with E-state index in [9.17, 15) is 0 Å². The number of likely N-dealkylation sites (N-methyl/N-ethyl adjacent to an activating group) is 1. The lowest BCUT2D eigenvalue weighted by atomic mass is 10.1. The van der Waals surface area contributed by atoms with Crippen LogP contribution >= 0.6 is 0 Å². The SMILES string of the molecule is Cc1cc(Nc2ncnc3cc4c(cc23)N(C)CCNCO4)ccc1Oc1ccn2ncnc2c1. The number of benzene rings is 2. The summed E-state index contributed by atoms with van der Waals surface area (Å²) in [6, 6.07) is 13.7. The molecule has 0 radical (unpaired) electrons. The van der Waals surface area contributed by atoms with Crippen molar-refractivity contribution in [2.45, 2.75) is 6.92 Å². The zero-order valence-electron chi connectivity index (χ0n) is 19.4. The number of hydrogen-bond donors (Lipinski definition) is 2. The molecule has 1 aliphatic rings. The van der Waals surface area contributed by atoms with Crippen molar-refractivity contribution in [1.82, 2.24) is 29.9 Å². The van der Waals surface area contributed by atoms with Crippen molar-refractivity contribution in [1.29, 1.82) is 0 Å². The van der Waals surface area contributed by atoms with Crippen molar-refractivity contribution < 1.29 is 9.47 Å². The Morgan fingerprint density at radius 2 is 2.00 bits per heavy atom. The van der Waals surface area contributed by atoms with Crippen molar-refractivity contribution in [2.75, 3.05) is 37.1 Å². The van der Waals surface area contributed by atoms with Crippen LogP contribution < -0.4 is 25.0 Å². The number of nitrogens with zero attached hydrogens (tertiary/aromatic N) is 6.